The lowest BCUT2D eigenvalue weighted by atomic mass is 10.2. The first-order valence-corrected chi connectivity index (χ1v) is 5.57. The van der Waals surface area contributed by atoms with Crippen LogP contribution in [-0.2, 0) is 9.59 Å². The smallest absolute Gasteiger partial charge is 0.232 e. The molecule has 0 saturated heterocycles. The van der Waals surface area contributed by atoms with Crippen molar-refractivity contribution < 1.29 is 9.59 Å². The van der Waals surface area contributed by atoms with Crippen molar-refractivity contribution >= 4 is 11.8 Å². The molecule has 0 spiro atoms. The fourth-order valence-electron chi connectivity index (χ4n) is 1.15. The molecule has 4 heteroatoms. The SMILES string of the molecule is CC#CCC(=O)NCCCCCNC(C)=O. The van der Waals surface area contributed by atoms with Crippen molar-refractivity contribution in [2.24, 2.45) is 0 Å². The Labute approximate surface area is 97.2 Å². The van der Waals surface area contributed by atoms with E-state index in [1.165, 1.54) is 6.92 Å². The Balaban J connectivity index is 3.22. The van der Waals surface area contributed by atoms with Gasteiger partial charge in [0.1, 0.15) is 0 Å². The molecule has 0 unspecified atom stereocenters. The van der Waals surface area contributed by atoms with Gasteiger partial charge >= 0.3 is 0 Å². The van der Waals surface area contributed by atoms with Crippen LogP contribution in [0.4, 0.5) is 0 Å². The van der Waals surface area contributed by atoms with E-state index in [0.717, 1.165) is 19.3 Å². The minimum Gasteiger partial charge on any atom is -0.356 e. The van der Waals surface area contributed by atoms with Crippen LogP contribution in [0.1, 0.15) is 39.5 Å². The number of carbonyl (C=O) groups is 2. The average molecular weight is 224 g/mol. The first kappa shape index (κ1) is 14.5. The molecule has 0 fully saturated rings. The molecule has 0 aliphatic heterocycles. The van der Waals surface area contributed by atoms with E-state index in [1.807, 2.05) is 0 Å². The highest BCUT2D eigenvalue weighted by atomic mass is 16.2. The topological polar surface area (TPSA) is 58.2 Å². The molecule has 0 rings (SSSR count). The Morgan fingerprint density at radius 1 is 1.06 bits per heavy atom. The molecule has 0 aromatic rings. The van der Waals surface area contributed by atoms with Crippen LogP contribution in [0.2, 0.25) is 0 Å². The number of amides is 2. The Morgan fingerprint density at radius 2 is 1.69 bits per heavy atom. The highest BCUT2D eigenvalue weighted by Gasteiger charge is 1.96. The second-order valence-corrected chi connectivity index (χ2v) is 3.50. The van der Waals surface area contributed by atoms with Crippen LogP contribution in [0.3, 0.4) is 0 Å². The molecule has 0 aliphatic rings. The van der Waals surface area contributed by atoms with Crippen molar-refractivity contribution in [1.29, 1.82) is 0 Å². The standard InChI is InChI=1S/C12H20N2O2/c1-3-4-8-12(16)14-10-7-5-6-9-13-11(2)15/h5-10H2,1-2H3,(H,13,15)(H,14,16). The lowest BCUT2D eigenvalue weighted by Gasteiger charge is -2.03. The van der Waals surface area contributed by atoms with Crippen LogP contribution in [0, 0.1) is 11.8 Å². The Morgan fingerprint density at radius 3 is 2.25 bits per heavy atom. The fourth-order valence-corrected chi connectivity index (χ4v) is 1.15. The Hall–Kier alpha value is -1.50. The highest BCUT2D eigenvalue weighted by molar-refractivity contribution is 5.78. The quantitative estimate of drug-likeness (QED) is 0.497. The maximum atomic E-state index is 11.1. The molecule has 0 radical (unpaired) electrons. The van der Waals surface area contributed by atoms with E-state index in [1.54, 1.807) is 6.92 Å². The number of unbranched alkanes of at least 4 members (excludes halogenated alkanes) is 2. The molecule has 0 saturated carbocycles. The minimum atomic E-state index is -0.0174. The third-order valence-electron chi connectivity index (χ3n) is 1.98. The average Bonchev–Trinajstić information content (AvgIpc) is 2.24. The third kappa shape index (κ3) is 10.6. The molecular weight excluding hydrogens is 204 g/mol. The second-order valence-electron chi connectivity index (χ2n) is 3.50. The van der Waals surface area contributed by atoms with Crippen LogP contribution in [0.25, 0.3) is 0 Å². The normalized spacial score (nSPS) is 8.88. The number of hydrogen-bond donors (Lipinski definition) is 2. The summed E-state index contributed by atoms with van der Waals surface area (Å²) in [5.74, 6) is 5.38. The van der Waals surface area contributed by atoms with Gasteiger partial charge in [-0.2, -0.15) is 0 Å². The van der Waals surface area contributed by atoms with E-state index in [-0.39, 0.29) is 18.2 Å². The summed E-state index contributed by atoms with van der Waals surface area (Å²) in [6, 6.07) is 0. The summed E-state index contributed by atoms with van der Waals surface area (Å²) >= 11 is 0. The molecule has 90 valence electrons. The summed E-state index contributed by atoms with van der Waals surface area (Å²) in [5.41, 5.74) is 0. The van der Waals surface area contributed by atoms with Crippen LogP contribution in [0.15, 0.2) is 0 Å². The van der Waals surface area contributed by atoms with Crippen molar-refractivity contribution in [2.75, 3.05) is 13.1 Å². The van der Waals surface area contributed by atoms with Crippen molar-refractivity contribution in [3.8, 4) is 11.8 Å². The van der Waals surface area contributed by atoms with Gasteiger partial charge < -0.3 is 10.6 Å². The van der Waals surface area contributed by atoms with Crippen molar-refractivity contribution in [3.05, 3.63) is 0 Å². The summed E-state index contributed by atoms with van der Waals surface area (Å²) in [6.07, 6.45) is 3.16. The van der Waals surface area contributed by atoms with Gasteiger partial charge in [-0.15, -0.1) is 5.92 Å². The summed E-state index contributed by atoms with van der Waals surface area (Å²) in [4.78, 5) is 21.7. The van der Waals surface area contributed by atoms with Gasteiger partial charge in [-0.1, -0.05) is 5.92 Å². The molecule has 0 aromatic heterocycles. The second kappa shape index (κ2) is 10.0. The van der Waals surface area contributed by atoms with Gasteiger partial charge in [0.05, 0.1) is 6.42 Å². The molecule has 0 bridgehead atoms. The van der Waals surface area contributed by atoms with Crippen LogP contribution >= 0.6 is 0 Å². The van der Waals surface area contributed by atoms with E-state index in [0.29, 0.717) is 13.1 Å². The van der Waals surface area contributed by atoms with E-state index >= 15 is 0 Å². The fraction of sp³-hybridized carbons (Fsp3) is 0.667. The van der Waals surface area contributed by atoms with Crippen molar-refractivity contribution in [3.63, 3.8) is 0 Å². The predicted octanol–water partition coefficient (Wildman–Crippen LogP) is 0.822. The van der Waals surface area contributed by atoms with Gasteiger partial charge in [-0.25, -0.2) is 0 Å². The Kier molecular flexibility index (Phi) is 9.09. The number of carbonyl (C=O) groups excluding carboxylic acids is 2. The zero-order chi connectivity index (χ0) is 12.2. The third-order valence-corrected chi connectivity index (χ3v) is 1.98. The maximum absolute atomic E-state index is 11.1. The van der Waals surface area contributed by atoms with E-state index < -0.39 is 0 Å². The lowest BCUT2D eigenvalue weighted by molar-refractivity contribution is -0.120. The molecule has 4 nitrogen and oxygen atoms in total. The first-order chi connectivity index (χ1) is 7.66. The zero-order valence-corrected chi connectivity index (χ0v) is 10.1. The molecule has 0 atom stereocenters. The van der Waals surface area contributed by atoms with Crippen molar-refractivity contribution in [2.45, 2.75) is 39.5 Å². The minimum absolute atomic E-state index is 0.00597. The van der Waals surface area contributed by atoms with Gasteiger partial charge in [-0.3, -0.25) is 9.59 Å². The molecule has 2 N–H and O–H groups in total. The van der Waals surface area contributed by atoms with Crippen LogP contribution in [0.5, 0.6) is 0 Å². The molecule has 16 heavy (non-hydrogen) atoms. The largest absolute Gasteiger partial charge is 0.356 e. The van der Waals surface area contributed by atoms with Crippen LogP contribution < -0.4 is 10.6 Å². The molecule has 2 amide bonds. The van der Waals surface area contributed by atoms with Gasteiger partial charge in [0, 0.05) is 20.0 Å². The Bertz CT molecular complexity index is 276. The number of rotatable bonds is 7. The predicted molar refractivity (Wildman–Crippen MR) is 63.6 cm³/mol. The monoisotopic (exact) mass is 224 g/mol. The summed E-state index contributed by atoms with van der Waals surface area (Å²) in [7, 11) is 0. The highest BCUT2D eigenvalue weighted by Crippen LogP contribution is 1.92. The summed E-state index contributed by atoms with van der Waals surface area (Å²) < 4.78 is 0. The molecule has 0 aliphatic carbocycles. The lowest BCUT2D eigenvalue weighted by Crippen LogP contribution is -2.24. The van der Waals surface area contributed by atoms with Gasteiger partial charge in [0.2, 0.25) is 11.8 Å². The zero-order valence-electron chi connectivity index (χ0n) is 10.1. The molecule has 0 heterocycles. The first-order valence-electron chi connectivity index (χ1n) is 5.57. The van der Waals surface area contributed by atoms with E-state index in [9.17, 15) is 9.59 Å². The van der Waals surface area contributed by atoms with Gasteiger partial charge in [-0.05, 0) is 26.2 Å². The molecule has 0 aromatic carbocycles. The summed E-state index contributed by atoms with van der Waals surface area (Å²) in [6.45, 7) is 4.62. The van der Waals surface area contributed by atoms with Gasteiger partial charge in [0.15, 0.2) is 0 Å². The summed E-state index contributed by atoms with van der Waals surface area (Å²) in [5, 5.41) is 5.52. The van der Waals surface area contributed by atoms with E-state index in [2.05, 4.69) is 22.5 Å². The van der Waals surface area contributed by atoms with Crippen LogP contribution in [-0.4, -0.2) is 24.9 Å². The maximum Gasteiger partial charge on any atom is 0.232 e. The number of hydrogen-bond acceptors (Lipinski definition) is 2. The molecular formula is C12H20N2O2. The van der Waals surface area contributed by atoms with Crippen molar-refractivity contribution in [1.82, 2.24) is 10.6 Å². The number of nitrogens with one attached hydrogen (secondary N) is 2. The van der Waals surface area contributed by atoms with E-state index in [4.69, 9.17) is 0 Å². The van der Waals surface area contributed by atoms with Gasteiger partial charge in [0.25, 0.3) is 0 Å².